The van der Waals surface area contributed by atoms with E-state index < -0.39 is 11.6 Å². The average molecular weight is 394 g/mol. The summed E-state index contributed by atoms with van der Waals surface area (Å²) >= 11 is 0. The van der Waals surface area contributed by atoms with Crippen molar-refractivity contribution in [1.29, 1.82) is 0 Å². The number of aromatic nitrogens is 2. The second-order valence-corrected chi connectivity index (χ2v) is 7.28. The molecule has 0 radical (unpaired) electrons. The summed E-state index contributed by atoms with van der Waals surface area (Å²) in [4.78, 5) is 30.1. The summed E-state index contributed by atoms with van der Waals surface area (Å²) in [6.07, 6.45) is 0.0803. The maximum Gasteiger partial charge on any atom is 0.343 e. The van der Waals surface area contributed by atoms with Crippen molar-refractivity contribution in [3.8, 4) is 22.9 Å². The van der Waals surface area contributed by atoms with Gasteiger partial charge in [-0.1, -0.05) is 6.92 Å². The maximum atomic E-state index is 13.2. The molecule has 2 aromatic heterocycles. The lowest BCUT2D eigenvalue weighted by Gasteiger charge is -2.31. The number of phenolic OH excluding ortho intramolecular Hbond substituents is 1. The van der Waals surface area contributed by atoms with Crippen LogP contribution in [-0.4, -0.2) is 32.8 Å². The quantitative estimate of drug-likeness (QED) is 0.499. The number of pyridine rings is 2. The molecule has 0 saturated carbocycles. The molecule has 148 valence electrons. The predicted molar refractivity (Wildman–Crippen MR) is 103 cm³/mol. The third-order valence-corrected chi connectivity index (χ3v) is 5.82. The van der Waals surface area contributed by atoms with E-state index in [1.165, 1.54) is 6.07 Å². The molecule has 3 aromatic rings. The molecule has 4 heterocycles. The molecule has 1 atom stereocenters. The van der Waals surface area contributed by atoms with Crippen molar-refractivity contribution in [3.05, 3.63) is 51.3 Å². The Labute approximate surface area is 165 Å². The summed E-state index contributed by atoms with van der Waals surface area (Å²) in [6, 6.07) is 6.44. The van der Waals surface area contributed by atoms with E-state index in [4.69, 9.17) is 9.47 Å². The maximum absolute atomic E-state index is 13.2. The third kappa shape index (κ3) is 2.20. The first kappa shape index (κ1) is 17.7. The number of hydrogen-bond acceptors (Lipinski definition) is 7. The van der Waals surface area contributed by atoms with Crippen molar-refractivity contribution in [2.75, 3.05) is 7.11 Å². The summed E-state index contributed by atoms with van der Waals surface area (Å²) in [5.74, 6) is -0.121. The minimum atomic E-state index is -1.87. The Morgan fingerprint density at radius 3 is 2.79 bits per heavy atom. The number of fused-ring (bicyclic) bond motifs is 5. The highest BCUT2D eigenvalue weighted by Crippen LogP contribution is 2.43. The lowest BCUT2D eigenvalue weighted by atomic mass is 9.86. The number of ether oxygens (including phenoxy) is 2. The molecule has 0 bridgehead atoms. The van der Waals surface area contributed by atoms with Crippen LogP contribution in [0.3, 0.4) is 0 Å². The van der Waals surface area contributed by atoms with Crippen LogP contribution in [0.15, 0.2) is 29.1 Å². The van der Waals surface area contributed by atoms with Gasteiger partial charge in [0.2, 0.25) is 0 Å². The topological polar surface area (TPSA) is 111 Å². The van der Waals surface area contributed by atoms with Crippen LogP contribution in [0.25, 0.3) is 22.3 Å². The largest absolute Gasteiger partial charge is 0.508 e. The van der Waals surface area contributed by atoms with Gasteiger partial charge in [0, 0.05) is 22.6 Å². The number of methoxy groups -OCH3 is 1. The van der Waals surface area contributed by atoms with Gasteiger partial charge in [0.25, 0.3) is 5.56 Å². The molecule has 1 unspecified atom stereocenters. The number of esters is 1. The van der Waals surface area contributed by atoms with Crippen LogP contribution in [0, 0.1) is 0 Å². The number of rotatable bonds is 2. The van der Waals surface area contributed by atoms with Crippen molar-refractivity contribution in [3.63, 3.8) is 0 Å². The summed E-state index contributed by atoms with van der Waals surface area (Å²) in [5.41, 5.74) is 0.602. The summed E-state index contributed by atoms with van der Waals surface area (Å²) in [7, 11) is 1.54. The molecule has 0 saturated heterocycles. The van der Waals surface area contributed by atoms with E-state index in [-0.39, 0.29) is 42.0 Å². The Morgan fingerprint density at radius 1 is 1.28 bits per heavy atom. The molecule has 0 amide bonds. The second-order valence-electron chi connectivity index (χ2n) is 7.28. The SMILES string of the molecule is CCC1(O)C(=O)OCc2c1cc1n(c2=O)Cc2c-1nc1cc(O)ccc1c2OC. The van der Waals surface area contributed by atoms with Gasteiger partial charge in [-0.25, -0.2) is 9.78 Å². The van der Waals surface area contributed by atoms with Gasteiger partial charge in [0.05, 0.1) is 36.1 Å². The standard InChI is InChI=1S/C21H18N2O6/c1-3-21(27)14-7-16-17-12(8-23(16)19(25)13(14)9-29-20(21)26)18(28-2)11-5-4-10(24)6-15(11)22-17/h4-7,24,27H,3,8-9H2,1-2H3. The molecule has 2 aliphatic heterocycles. The van der Waals surface area contributed by atoms with Crippen molar-refractivity contribution in [2.24, 2.45) is 0 Å². The van der Waals surface area contributed by atoms with Gasteiger partial charge in [0.1, 0.15) is 18.1 Å². The highest BCUT2D eigenvalue weighted by molar-refractivity contribution is 5.92. The van der Waals surface area contributed by atoms with Gasteiger partial charge in [-0.05, 0) is 24.6 Å². The van der Waals surface area contributed by atoms with Gasteiger partial charge in [-0.3, -0.25) is 4.79 Å². The van der Waals surface area contributed by atoms with E-state index >= 15 is 0 Å². The van der Waals surface area contributed by atoms with Crippen LogP contribution in [0.1, 0.15) is 30.0 Å². The lowest BCUT2D eigenvalue weighted by molar-refractivity contribution is -0.172. The van der Waals surface area contributed by atoms with E-state index in [9.17, 15) is 19.8 Å². The monoisotopic (exact) mass is 394 g/mol. The first-order valence-electron chi connectivity index (χ1n) is 9.25. The number of nitrogens with zero attached hydrogens (tertiary/aromatic N) is 2. The van der Waals surface area contributed by atoms with Gasteiger partial charge in [0.15, 0.2) is 5.60 Å². The number of carbonyl (C=O) groups is 1. The fourth-order valence-electron chi connectivity index (χ4n) is 4.27. The number of hydrogen-bond donors (Lipinski definition) is 2. The van der Waals surface area contributed by atoms with Crippen molar-refractivity contribution >= 4 is 16.9 Å². The minimum absolute atomic E-state index is 0.0657. The number of phenols is 1. The second kappa shape index (κ2) is 5.81. The minimum Gasteiger partial charge on any atom is -0.508 e. The zero-order chi connectivity index (χ0) is 20.5. The normalized spacial score (nSPS) is 19.5. The molecule has 2 N–H and O–H groups in total. The van der Waals surface area contributed by atoms with Crippen LogP contribution in [-0.2, 0) is 28.3 Å². The first-order valence-corrected chi connectivity index (χ1v) is 9.25. The summed E-state index contributed by atoms with van der Waals surface area (Å²) in [6.45, 7) is 1.74. The number of carbonyl (C=O) groups excluding carboxylic acids is 1. The molecule has 0 spiro atoms. The van der Waals surface area contributed by atoms with Gasteiger partial charge < -0.3 is 24.3 Å². The average Bonchev–Trinajstić information content (AvgIpc) is 3.08. The molecule has 1 aromatic carbocycles. The van der Waals surface area contributed by atoms with Crippen LogP contribution < -0.4 is 10.3 Å². The summed E-state index contributed by atoms with van der Waals surface area (Å²) < 4.78 is 12.2. The fourth-order valence-corrected chi connectivity index (χ4v) is 4.27. The highest BCUT2D eigenvalue weighted by atomic mass is 16.6. The van der Waals surface area contributed by atoms with E-state index in [0.29, 0.717) is 22.7 Å². The number of aliphatic hydroxyl groups is 1. The van der Waals surface area contributed by atoms with Crippen LogP contribution in [0.2, 0.25) is 0 Å². The van der Waals surface area contributed by atoms with Crippen molar-refractivity contribution < 1.29 is 24.5 Å². The molecule has 2 aliphatic rings. The zero-order valence-corrected chi connectivity index (χ0v) is 15.9. The van der Waals surface area contributed by atoms with E-state index in [1.54, 1.807) is 36.8 Å². The van der Waals surface area contributed by atoms with Gasteiger partial charge in [-0.2, -0.15) is 0 Å². The first-order chi connectivity index (χ1) is 13.9. The van der Waals surface area contributed by atoms with Crippen molar-refractivity contribution in [1.82, 2.24) is 9.55 Å². The highest BCUT2D eigenvalue weighted by Gasteiger charge is 2.45. The Hall–Kier alpha value is -3.39. The third-order valence-electron chi connectivity index (χ3n) is 5.82. The molecule has 5 rings (SSSR count). The number of benzene rings is 1. The van der Waals surface area contributed by atoms with E-state index in [2.05, 4.69) is 4.98 Å². The van der Waals surface area contributed by atoms with E-state index in [1.807, 2.05) is 0 Å². The fraction of sp³-hybridized carbons (Fsp3) is 0.286. The molecular formula is C21H18N2O6. The van der Waals surface area contributed by atoms with Gasteiger partial charge in [-0.15, -0.1) is 0 Å². The summed E-state index contributed by atoms with van der Waals surface area (Å²) in [5, 5.41) is 21.5. The Kier molecular flexibility index (Phi) is 3.54. The van der Waals surface area contributed by atoms with Gasteiger partial charge >= 0.3 is 5.97 Å². The van der Waals surface area contributed by atoms with E-state index in [0.717, 1.165) is 10.9 Å². The Balaban J connectivity index is 1.84. The van der Waals surface area contributed by atoms with Crippen LogP contribution >= 0.6 is 0 Å². The Morgan fingerprint density at radius 2 is 2.07 bits per heavy atom. The van der Waals surface area contributed by atoms with Crippen LogP contribution in [0.4, 0.5) is 0 Å². The molecule has 8 nitrogen and oxygen atoms in total. The Bertz CT molecular complexity index is 1280. The molecular weight excluding hydrogens is 376 g/mol. The van der Waals surface area contributed by atoms with Crippen molar-refractivity contribution in [2.45, 2.75) is 32.1 Å². The smallest absolute Gasteiger partial charge is 0.343 e. The van der Waals surface area contributed by atoms with Crippen LogP contribution in [0.5, 0.6) is 11.5 Å². The number of aromatic hydroxyl groups is 1. The predicted octanol–water partition coefficient (Wildman–Crippen LogP) is 1.79. The molecule has 29 heavy (non-hydrogen) atoms. The number of cyclic esters (lactones) is 1. The molecule has 0 fully saturated rings. The zero-order valence-electron chi connectivity index (χ0n) is 15.9. The molecule has 0 aliphatic carbocycles. The molecule has 8 heteroatoms. The lowest BCUT2D eigenvalue weighted by Crippen LogP contribution is -2.44.